The van der Waals surface area contributed by atoms with Crippen LogP contribution in [0, 0.1) is 5.82 Å². The Labute approximate surface area is 207 Å². The maximum atomic E-state index is 15.0. The Hall–Kier alpha value is -3.82. The number of anilines is 1. The fourth-order valence-corrected chi connectivity index (χ4v) is 6.01. The van der Waals surface area contributed by atoms with Crippen molar-refractivity contribution >= 4 is 45.1 Å². The molecule has 172 valence electrons. The van der Waals surface area contributed by atoms with Crippen molar-refractivity contribution in [2.45, 2.75) is 16.1 Å². The van der Waals surface area contributed by atoms with Crippen molar-refractivity contribution < 1.29 is 13.6 Å². The van der Waals surface area contributed by atoms with Crippen LogP contribution in [-0.2, 0) is 5.75 Å². The minimum Gasteiger partial charge on any atom is -0.450 e. The molecule has 35 heavy (non-hydrogen) atoms. The van der Waals surface area contributed by atoms with E-state index in [2.05, 4.69) is 10.2 Å². The molecule has 0 saturated carbocycles. The van der Waals surface area contributed by atoms with Crippen molar-refractivity contribution in [3.63, 3.8) is 0 Å². The number of nitrogens with zero attached hydrogens (tertiary/aromatic N) is 3. The maximum Gasteiger partial charge on any atom is 0.297 e. The molecule has 1 aliphatic heterocycles. The molecule has 0 fully saturated rings. The zero-order valence-corrected chi connectivity index (χ0v) is 19.7. The van der Waals surface area contributed by atoms with Gasteiger partial charge in [-0.3, -0.25) is 14.5 Å². The van der Waals surface area contributed by atoms with Gasteiger partial charge in [0.2, 0.25) is 10.9 Å². The van der Waals surface area contributed by atoms with Crippen LogP contribution in [-0.4, -0.2) is 16.1 Å². The van der Waals surface area contributed by atoms with Gasteiger partial charge in [0.1, 0.15) is 17.4 Å². The summed E-state index contributed by atoms with van der Waals surface area (Å²) in [5.41, 5.74) is 1.36. The van der Waals surface area contributed by atoms with Gasteiger partial charge in [0.25, 0.3) is 5.91 Å². The number of aromatic nitrogens is 2. The molecule has 3 heterocycles. The van der Waals surface area contributed by atoms with E-state index >= 15 is 4.39 Å². The Morgan fingerprint density at radius 2 is 1.69 bits per heavy atom. The largest absolute Gasteiger partial charge is 0.450 e. The minimum absolute atomic E-state index is 0.101. The van der Waals surface area contributed by atoms with Gasteiger partial charge >= 0.3 is 0 Å². The molecule has 6 rings (SSSR count). The molecule has 2 aromatic heterocycles. The van der Waals surface area contributed by atoms with E-state index in [0.29, 0.717) is 21.1 Å². The van der Waals surface area contributed by atoms with E-state index in [-0.39, 0.29) is 27.4 Å². The lowest BCUT2D eigenvalue weighted by molar-refractivity contribution is 0.0970. The highest BCUT2D eigenvalue weighted by Gasteiger charge is 2.46. The van der Waals surface area contributed by atoms with Crippen LogP contribution in [0.4, 0.5) is 9.52 Å². The van der Waals surface area contributed by atoms with Crippen molar-refractivity contribution in [3.8, 4) is 0 Å². The average molecular weight is 502 g/mol. The van der Waals surface area contributed by atoms with Crippen LogP contribution < -0.4 is 10.3 Å². The van der Waals surface area contributed by atoms with Crippen molar-refractivity contribution in [3.05, 3.63) is 117 Å². The van der Waals surface area contributed by atoms with E-state index in [1.165, 1.54) is 34.1 Å². The third kappa shape index (κ3) is 3.73. The summed E-state index contributed by atoms with van der Waals surface area (Å²) in [6, 6.07) is 21.7. The average Bonchev–Trinajstić information content (AvgIpc) is 3.46. The van der Waals surface area contributed by atoms with E-state index in [9.17, 15) is 9.59 Å². The van der Waals surface area contributed by atoms with Gasteiger partial charge in [0.05, 0.1) is 10.9 Å². The van der Waals surface area contributed by atoms with Gasteiger partial charge in [0, 0.05) is 11.3 Å². The Morgan fingerprint density at radius 1 is 0.943 bits per heavy atom. The van der Waals surface area contributed by atoms with Gasteiger partial charge in [-0.1, -0.05) is 83.8 Å². The van der Waals surface area contributed by atoms with E-state index in [1.807, 2.05) is 30.3 Å². The molecule has 0 N–H and O–H groups in total. The predicted molar refractivity (Wildman–Crippen MR) is 133 cm³/mol. The Kier molecular flexibility index (Phi) is 5.43. The molecule has 0 spiro atoms. The van der Waals surface area contributed by atoms with Crippen molar-refractivity contribution in [2.24, 2.45) is 0 Å². The Balaban J connectivity index is 1.46. The van der Waals surface area contributed by atoms with Gasteiger partial charge in [-0.05, 0) is 23.8 Å². The molecule has 9 heteroatoms. The van der Waals surface area contributed by atoms with Crippen molar-refractivity contribution in [1.82, 2.24) is 10.2 Å². The normalized spacial score (nSPS) is 15.1. The molecular weight excluding hydrogens is 485 g/mol. The van der Waals surface area contributed by atoms with E-state index < -0.39 is 17.8 Å². The summed E-state index contributed by atoms with van der Waals surface area (Å²) in [5, 5.41) is 9.08. The van der Waals surface area contributed by atoms with E-state index in [0.717, 1.165) is 5.56 Å². The van der Waals surface area contributed by atoms with Gasteiger partial charge in [-0.25, -0.2) is 4.39 Å². The highest BCUT2D eigenvalue weighted by Crippen LogP contribution is 2.43. The smallest absolute Gasteiger partial charge is 0.297 e. The molecule has 6 nitrogen and oxygen atoms in total. The fraction of sp³-hybridized carbons (Fsp3) is 0.0769. The number of amides is 1. The van der Waals surface area contributed by atoms with Gasteiger partial charge in [-0.15, -0.1) is 10.2 Å². The van der Waals surface area contributed by atoms with Gasteiger partial charge < -0.3 is 4.42 Å². The molecule has 0 saturated heterocycles. The molecule has 1 amide bonds. The minimum atomic E-state index is -1.01. The topological polar surface area (TPSA) is 76.3 Å². The second-order valence-corrected chi connectivity index (χ2v) is 10.1. The fourth-order valence-electron chi connectivity index (χ4n) is 4.19. The van der Waals surface area contributed by atoms with Crippen LogP contribution in [0.3, 0.4) is 0 Å². The highest BCUT2D eigenvalue weighted by atomic mass is 32.2. The summed E-state index contributed by atoms with van der Waals surface area (Å²) in [6.45, 7) is 0. The molecule has 1 atom stereocenters. The number of thioether (sulfide) groups is 1. The lowest BCUT2D eigenvalue weighted by atomic mass is 9.98. The lowest BCUT2D eigenvalue weighted by Gasteiger charge is -2.22. The SMILES string of the molecule is O=C1c2oc3ccccc3c(=O)c2C(c2ccccc2F)N1c1nnc(SCc2ccccc2)s1. The summed E-state index contributed by atoms with van der Waals surface area (Å²) in [5.74, 6) is -0.493. The first-order valence-electron chi connectivity index (χ1n) is 10.8. The van der Waals surface area contributed by atoms with Crippen LogP contribution in [0.1, 0.15) is 33.3 Å². The Morgan fingerprint density at radius 3 is 2.51 bits per heavy atom. The Bertz CT molecular complexity index is 1630. The standard InChI is InChI=1S/C26H16FN3O3S2/c27-18-12-6-4-10-16(18)21-20-22(31)17-11-5-7-13-19(17)33-23(20)24(32)30(21)25-28-29-26(35-25)34-14-15-8-2-1-3-9-15/h1-13,21H,14H2. The van der Waals surface area contributed by atoms with Crippen LogP contribution in [0.15, 0.2) is 92.4 Å². The number of carbonyl (C=O) groups excluding carboxylic acids is 1. The number of fused-ring (bicyclic) bond motifs is 2. The van der Waals surface area contributed by atoms with Crippen LogP contribution in [0.2, 0.25) is 0 Å². The van der Waals surface area contributed by atoms with Crippen LogP contribution in [0.5, 0.6) is 0 Å². The number of para-hydroxylation sites is 1. The number of carbonyl (C=O) groups is 1. The summed E-state index contributed by atoms with van der Waals surface area (Å²) in [6.07, 6.45) is 0. The van der Waals surface area contributed by atoms with Crippen molar-refractivity contribution in [2.75, 3.05) is 4.90 Å². The summed E-state index contributed by atoms with van der Waals surface area (Å²) in [7, 11) is 0. The number of hydrogen-bond acceptors (Lipinski definition) is 7. The zero-order chi connectivity index (χ0) is 23.9. The summed E-state index contributed by atoms with van der Waals surface area (Å²) < 4.78 is 21.6. The van der Waals surface area contributed by atoms with E-state index in [4.69, 9.17) is 4.42 Å². The molecule has 1 unspecified atom stereocenters. The maximum absolute atomic E-state index is 15.0. The predicted octanol–water partition coefficient (Wildman–Crippen LogP) is 5.83. The number of halogens is 1. The summed E-state index contributed by atoms with van der Waals surface area (Å²) in [4.78, 5) is 28.4. The van der Waals surface area contributed by atoms with E-state index in [1.54, 1.807) is 42.5 Å². The second kappa shape index (κ2) is 8.75. The number of benzene rings is 3. The number of rotatable bonds is 5. The monoisotopic (exact) mass is 501 g/mol. The van der Waals surface area contributed by atoms with Gasteiger partial charge in [0.15, 0.2) is 9.77 Å². The molecule has 0 aliphatic carbocycles. The molecule has 0 bridgehead atoms. The molecule has 3 aromatic carbocycles. The third-order valence-electron chi connectivity index (χ3n) is 5.78. The zero-order valence-electron chi connectivity index (χ0n) is 18.1. The molecule has 1 aliphatic rings. The van der Waals surface area contributed by atoms with Gasteiger partial charge in [-0.2, -0.15) is 0 Å². The van der Waals surface area contributed by atoms with Crippen LogP contribution in [0.25, 0.3) is 11.0 Å². The second-order valence-electron chi connectivity index (χ2n) is 7.89. The molecule has 5 aromatic rings. The molecular formula is C26H16FN3O3S2. The third-order valence-corrected chi connectivity index (χ3v) is 7.91. The van der Waals surface area contributed by atoms with Crippen LogP contribution >= 0.6 is 23.1 Å². The van der Waals surface area contributed by atoms with Crippen molar-refractivity contribution in [1.29, 1.82) is 0 Å². The first kappa shape index (κ1) is 21.7. The quantitative estimate of drug-likeness (QED) is 0.223. The lowest BCUT2D eigenvalue weighted by Crippen LogP contribution is -2.30. The first-order valence-corrected chi connectivity index (χ1v) is 12.6. The first-order chi connectivity index (χ1) is 17.1. The molecule has 0 radical (unpaired) electrons. The number of hydrogen-bond donors (Lipinski definition) is 0. The summed E-state index contributed by atoms with van der Waals surface area (Å²) >= 11 is 2.71. The highest BCUT2D eigenvalue weighted by molar-refractivity contribution is 8.00.